The molecule has 4 aromatic rings. The fourth-order valence-electron chi connectivity index (χ4n) is 3.87. The van der Waals surface area contributed by atoms with Crippen LogP contribution in [-0.4, -0.2) is 45.4 Å². The molecule has 5 rings (SSSR count). The van der Waals surface area contributed by atoms with E-state index in [-0.39, 0.29) is 29.7 Å². The molecule has 11 nitrogen and oxygen atoms in total. The van der Waals surface area contributed by atoms with Gasteiger partial charge in [0.25, 0.3) is 0 Å². The number of carbonyl (C=O) groups excluding carboxylic acids is 2. The van der Waals surface area contributed by atoms with Gasteiger partial charge in [-0.3, -0.25) is 4.79 Å². The van der Waals surface area contributed by atoms with Gasteiger partial charge < -0.3 is 29.6 Å². The summed E-state index contributed by atoms with van der Waals surface area (Å²) in [5.74, 6) is -0.765. The molecule has 1 amide bonds. The molecule has 2 aromatic heterocycles. The number of aromatic nitrogens is 3. The number of amides is 1. The van der Waals surface area contributed by atoms with E-state index in [0.717, 1.165) is 15.9 Å². The Bertz CT molecular complexity index is 1560. The zero-order valence-corrected chi connectivity index (χ0v) is 20.8. The van der Waals surface area contributed by atoms with Crippen molar-refractivity contribution < 1.29 is 28.9 Å². The highest BCUT2D eigenvalue weighted by Crippen LogP contribution is 2.38. The number of rotatable bonds is 7. The number of esters is 1. The van der Waals surface area contributed by atoms with Gasteiger partial charge in [-0.15, -0.1) is 11.3 Å². The third-order valence-corrected chi connectivity index (χ3v) is 6.80. The lowest BCUT2D eigenvalue weighted by atomic mass is 10.0. The molecule has 1 aliphatic rings. The molecular formula is C24H19ClN4O7S. The Morgan fingerprint density at radius 3 is 2.84 bits per heavy atom. The van der Waals surface area contributed by atoms with Gasteiger partial charge in [-0.1, -0.05) is 29.8 Å². The van der Waals surface area contributed by atoms with Crippen molar-refractivity contribution in [3.8, 4) is 28.6 Å². The number of methoxy groups -OCH3 is 1. The number of benzene rings is 2. The molecule has 0 spiro atoms. The number of nitrogens with zero attached hydrogens (tertiary/aromatic N) is 2. The zero-order valence-electron chi connectivity index (χ0n) is 19.2. The minimum atomic E-state index is -1.23. The highest BCUT2D eigenvalue weighted by molar-refractivity contribution is 7.14. The minimum Gasteiger partial charge on any atom is -0.493 e. The van der Waals surface area contributed by atoms with Gasteiger partial charge in [0.15, 0.2) is 22.3 Å². The second-order valence-electron chi connectivity index (χ2n) is 7.90. The molecule has 0 saturated heterocycles. The number of hydrogen-bond donors (Lipinski definition) is 3. The van der Waals surface area contributed by atoms with Gasteiger partial charge in [-0.05, 0) is 29.8 Å². The lowest BCUT2D eigenvalue weighted by Crippen LogP contribution is -2.33. The number of H-pyrrole nitrogens is 1. The van der Waals surface area contributed by atoms with E-state index in [4.69, 9.17) is 21.1 Å². The van der Waals surface area contributed by atoms with Crippen molar-refractivity contribution in [2.45, 2.75) is 12.5 Å². The van der Waals surface area contributed by atoms with Crippen molar-refractivity contribution in [3.05, 3.63) is 74.6 Å². The second kappa shape index (κ2) is 9.99. The van der Waals surface area contributed by atoms with Crippen LogP contribution in [0.1, 0.15) is 22.1 Å². The number of aromatic amines is 1. The van der Waals surface area contributed by atoms with E-state index in [0.29, 0.717) is 27.6 Å². The smallest absolute Gasteiger partial charge is 0.357 e. The van der Waals surface area contributed by atoms with Crippen molar-refractivity contribution in [3.63, 3.8) is 0 Å². The molecule has 0 unspecified atom stereocenters. The predicted octanol–water partition coefficient (Wildman–Crippen LogP) is 3.60. The van der Waals surface area contributed by atoms with Crippen molar-refractivity contribution in [2.75, 3.05) is 19.2 Å². The van der Waals surface area contributed by atoms with Gasteiger partial charge in [-0.25, -0.2) is 19.1 Å². The largest absolute Gasteiger partial charge is 0.493 e. The van der Waals surface area contributed by atoms with E-state index in [1.54, 1.807) is 42.5 Å². The zero-order chi connectivity index (χ0) is 26.1. The van der Waals surface area contributed by atoms with E-state index in [1.807, 2.05) is 0 Å². The second-order valence-corrected chi connectivity index (χ2v) is 9.16. The summed E-state index contributed by atoms with van der Waals surface area (Å²) in [7, 11) is 1.22. The van der Waals surface area contributed by atoms with Crippen molar-refractivity contribution in [2.24, 2.45) is 0 Å². The highest BCUT2D eigenvalue weighted by Gasteiger charge is 2.30. The van der Waals surface area contributed by atoms with E-state index in [9.17, 15) is 19.5 Å². The predicted molar refractivity (Wildman–Crippen MR) is 135 cm³/mol. The third-order valence-electron chi connectivity index (χ3n) is 5.68. The maximum atomic E-state index is 13.5. The Morgan fingerprint density at radius 2 is 2.05 bits per heavy atom. The normalized spacial score (nSPS) is 12.8. The fourth-order valence-corrected chi connectivity index (χ4v) is 4.77. The first-order chi connectivity index (χ1) is 17.9. The van der Waals surface area contributed by atoms with E-state index in [2.05, 4.69) is 20.0 Å². The summed E-state index contributed by atoms with van der Waals surface area (Å²) in [4.78, 5) is 44.9. The Kier molecular flexibility index (Phi) is 6.59. The third kappa shape index (κ3) is 4.76. The van der Waals surface area contributed by atoms with Gasteiger partial charge in [0, 0.05) is 22.4 Å². The molecule has 0 saturated carbocycles. The lowest BCUT2D eigenvalue weighted by molar-refractivity contribution is -0.119. The molecule has 2 aromatic carbocycles. The van der Waals surface area contributed by atoms with Gasteiger partial charge in [0.1, 0.15) is 11.7 Å². The SMILES string of the molecule is COC(=O)c1csc(NC(=O)[C@H](Cc2ccccc2Cl)n2c(O)c(-c3ccc4c(c3)OCO4)[nH]c2=O)n1. The summed E-state index contributed by atoms with van der Waals surface area (Å²) < 4.78 is 16.3. The van der Waals surface area contributed by atoms with Crippen LogP contribution >= 0.6 is 22.9 Å². The number of nitrogens with one attached hydrogen (secondary N) is 2. The molecule has 0 radical (unpaired) electrons. The summed E-state index contributed by atoms with van der Waals surface area (Å²) in [6, 6.07) is 10.6. The molecule has 3 N–H and O–H groups in total. The summed E-state index contributed by atoms with van der Waals surface area (Å²) in [5.41, 5.74) is 0.444. The number of anilines is 1. The van der Waals surface area contributed by atoms with Gasteiger partial charge in [-0.2, -0.15) is 0 Å². The highest BCUT2D eigenvalue weighted by atomic mass is 35.5. The topological polar surface area (TPSA) is 145 Å². The molecule has 3 heterocycles. The van der Waals surface area contributed by atoms with Crippen LogP contribution in [0.5, 0.6) is 17.4 Å². The van der Waals surface area contributed by atoms with Crippen LogP contribution in [-0.2, 0) is 16.0 Å². The molecule has 1 aliphatic heterocycles. The average molecular weight is 543 g/mol. The summed E-state index contributed by atoms with van der Waals surface area (Å²) in [6.45, 7) is 0.0663. The summed E-state index contributed by atoms with van der Waals surface area (Å²) in [6.07, 6.45) is -0.0212. The summed E-state index contributed by atoms with van der Waals surface area (Å²) >= 11 is 7.34. The van der Waals surface area contributed by atoms with Gasteiger partial charge >= 0.3 is 11.7 Å². The Morgan fingerprint density at radius 1 is 1.27 bits per heavy atom. The van der Waals surface area contributed by atoms with E-state index >= 15 is 0 Å². The summed E-state index contributed by atoms with van der Waals surface area (Å²) in [5, 5.41) is 15.7. The van der Waals surface area contributed by atoms with Crippen molar-refractivity contribution in [1.82, 2.24) is 14.5 Å². The Hall–Kier alpha value is -4.29. The van der Waals surface area contributed by atoms with Crippen molar-refractivity contribution in [1.29, 1.82) is 0 Å². The molecule has 37 heavy (non-hydrogen) atoms. The number of carbonyl (C=O) groups is 2. The molecule has 0 aliphatic carbocycles. The number of fused-ring (bicyclic) bond motifs is 1. The first kappa shape index (κ1) is 24.4. The maximum absolute atomic E-state index is 13.5. The quantitative estimate of drug-likeness (QED) is 0.300. The van der Waals surface area contributed by atoms with Gasteiger partial charge in [0.05, 0.1) is 7.11 Å². The van der Waals surface area contributed by atoms with Crippen LogP contribution in [0, 0.1) is 0 Å². The Labute approximate surface area is 218 Å². The molecule has 13 heteroatoms. The monoisotopic (exact) mass is 542 g/mol. The van der Waals surface area contributed by atoms with Crippen LogP contribution in [0.3, 0.4) is 0 Å². The standard InChI is InChI=1S/C24H19ClN4O7S/c1-34-22(32)15-10-37-23(26-15)28-20(30)16(8-12-4-2-3-5-14(12)25)29-21(31)19(27-24(29)33)13-6-7-17-18(9-13)36-11-35-17/h2-7,9-10,16,31H,8,11H2,1H3,(H,27,33)(H,26,28,30)/t16-/m0/s1. The number of ether oxygens (including phenoxy) is 3. The number of halogens is 1. The molecule has 1 atom stereocenters. The number of hydrogen-bond acceptors (Lipinski definition) is 9. The minimum absolute atomic E-state index is 0.0212. The molecule has 0 bridgehead atoms. The number of imidazole rings is 1. The van der Waals surface area contributed by atoms with Crippen LogP contribution < -0.4 is 20.5 Å². The lowest BCUT2D eigenvalue weighted by Gasteiger charge is -2.18. The molecular weight excluding hydrogens is 524 g/mol. The van der Waals surface area contributed by atoms with E-state index in [1.165, 1.54) is 12.5 Å². The van der Waals surface area contributed by atoms with Gasteiger partial charge in [0.2, 0.25) is 18.6 Å². The van der Waals surface area contributed by atoms with Crippen LogP contribution in [0.15, 0.2) is 52.6 Å². The van der Waals surface area contributed by atoms with Crippen LogP contribution in [0.25, 0.3) is 11.3 Å². The first-order valence-corrected chi connectivity index (χ1v) is 12.1. The molecule has 190 valence electrons. The number of aromatic hydroxyl groups is 1. The number of thiazole rings is 1. The van der Waals surface area contributed by atoms with Crippen molar-refractivity contribution >= 4 is 39.9 Å². The van der Waals surface area contributed by atoms with E-state index < -0.39 is 29.5 Å². The Balaban J connectivity index is 1.53. The van der Waals surface area contributed by atoms with Crippen LogP contribution in [0.4, 0.5) is 5.13 Å². The first-order valence-electron chi connectivity index (χ1n) is 10.9. The van der Waals surface area contributed by atoms with Crippen LogP contribution in [0.2, 0.25) is 5.02 Å². The maximum Gasteiger partial charge on any atom is 0.357 e. The molecule has 0 fully saturated rings. The average Bonchev–Trinajstić information content (AvgIpc) is 3.62. The fraction of sp³-hybridized carbons (Fsp3) is 0.167.